The first-order chi connectivity index (χ1) is 17.4. The maximum absolute atomic E-state index is 11.5. The molecule has 31 heavy (non-hydrogen) atoms. The van der Waals surface area contributed by atoms with Crippen molar-refractivity contribution in [3.05, 3.63) is 23.3 Å². The lowest BCUT2D eigenvalue weighted by Crippen LogP contribution is -2.50. The van der Waals surface area contributed by atoms with Crippen LogP contribution >= 0.6 is 0 Å². The molecule has 0 aromatic heterocycles. The lowest BCUT2D eigenvalue weighted by Gasteiger charge is -2.58. The number of hydrogen-bond donors (Lipinski definition) is 0. The molecular weight excluding hydrogens is 380 g/mol. The lowest BCUT2D eigenvalue weighted by molar-refractivity contribution is -0.148. The summed E-state index contributed by atoms with van der Waals surface area (Å²) in [6, 6.07) is 0. The Morgan fingerprint density at radius 3 is 2.77 bits per heavy atom. The summed E-state index contributed by atoms with van der Waals surface area (Å²) in [6.07, 6.45) is 13.2. The minimum Gasteiger partial charge on any atom is -0.462 e. The Morgan fingerprint density at radius 1 is 1.23 bits per heavy atom. The highest BCUT2D eigenvalue weighted by Gasteiger charge is 2.58. The second-order valence-corrected chi connectivity index (χ2v) is 11.4. The third-order valence-electron chi connectivity index (χ3n) is 9.80. The van der Waals surface area contributed by atoms with Gasteiger partial charge in [0.25, 0.3) is 0 Å². The van der Waals surface area contributed by atoms with Gasteiger partial charge in [-0.2, -0.15) is 0 Å². The summed E-state index contributed by atoms with van der Waals surface area (Å²) in [5.41, 5.74) is 3.09. The van der Waals surface area contributed by atoms with Crippen LogP contribution in [0.15, 0.2) is 23.3 Å². The van der Waals surface area contributed by atoms with E-state index < -0.39 is 19.6 Å². The molecule has 0 bridgehead atoms. The first-order valence-corrected chi connectivity index (χ1v) is 12.5. The van der Waals surface area contributed by atoms with E-state index in [2.05, 4.69) is 26.8 Å². The topological polar surface area (TPSA) is 26.3 Å². The van der Waals surface area contributed by atoms with Crippen LogP contribution in [0.1, 0.15) is 115 Å². The SMILES string of the molecule is [2H]C([2H])([2H])C([2H])(CC/C=C(/C)[C@@H]1CC[C@@H]2[C@H]3CC=C4C[C@H](OC(C)=O)CC[C@@]4(C)[C@@H]3CC[C@]21C)C([2H])([2H])[2H]. The quantitative estimate of drug-likeness (QED) is 0.325. The van der Waals surface area contributed by atoms with Gasteiger partial charge in [0.05, 0.1) is 0 Å². The Bertz CT molecular complexity index is 966. The number of ether oxygens (including phenoxy) is 1. The van der Waals surface area contributed by atoms with Crippen LogP contribution in [0.3, 0.4) is 0 Å². The smallest absolute Gasteiger partial charge is 0.302 e. The molecular formula is C29H46O2. The predicted molar refractivity (Wildman–Crippen MR) is 129 cm³/mol. The van der Waals surface area contributed by atoms with Crippen LogP contribution in [0.5, 0.6) is 0 Å². The van der Waals surface area contributed by atoms with Crippen molar-refractivity contribution in [2.24, 2.45) is 40.4 Å². The number of rotatable bonds is 5. The molecule has 7 atom stereocenters. The Morgan fingerprint density at radius 2 is 2.03 bits per heavy atom. The fourth-order valence-corrected chi connectivity index (χ4v) is 8.30. The summed E-state index contributed by atoms with van der Waals surface area (Å²) < 4.78 is 60.0. The first kappa shape index (κ1) is 15.7. The monoisotopic (exact) mass is 433 g/mol. The van der Waals surface area contributed by atoms with Crippen molar-refractivity contribution in [3.8, 4) is 0 Å². The molecule has 174 valence electrons. The van der Waals surface area contributed by atoms with E-state index in [-0.39, 0.29) is 29.3 Å². The second-order valence-electron chi connectivity index (χ2n) is 11.4. The average molecular weight is 434 g/mol. The van der Waals surface area contributed by atoms with Crippen LogP contribution in [0.25, 0.3) is 0 Å². The minimum atomic E-state index is -2.86. The molecule has 4 aliphatic carbocycles. The van der Waals surface area contributed by atoms with Crippen molar-refractivity contribution in [1.82, 2.24) is 0 Å². The van der Waals surface area contributed by atoms with Gasteiger partial charge in [0, 0.05) is 22.9 Å². The molecule has 0 spiro atoms. The van der Waals surface area contributed by atoms with E-state index in [1.54, 1.807) is 0 Å². The molecule has 2 nitrogen and oxygen atoms in total. The van der Waals surface area contributed by atoms with Crippen molar-refractivity contribution in [2.75, 3.05) is 0 Å². The number of hydrogen-bond acceptors (Lipinski definition) is 2. The molecule has 0 saturated heterocycles. The Labute approximate surface area is 201 Å². The molecule has 0 aromatic rings. The Hall–Kier alpha value is -1.05. The van der Waals surface area contributed by atoms with E-state index in [0.717, 1.165) is 38.5 Å². The molecule has 3 fully saturated rings. The van der Waals surface area contributed by atoms with Crippen molar-refractivity contribution in [1.29, 1.82) is 0 Å². The molecule has 0 aromatic carbocycles. The minimum absolute atomic E-state index is 0.0129. The molecule has 0 unspecified atom stereocenters. The largest absolute Gasteiger partial charge is 0.462 e. The zero-order valence-electron chi connectivity index (χ0n) is 26.9. The molecule has 0 heterocycles. The van der Waals surface area contributed by atoms with Crippen molar-refractivity contribution in [2.45, 2.75) is 112 Å². The highest BCUT2D eigenvalue weighted by atomic mass is 16.5. The van der Waals surface area contributed by atoms with Gasteiger partial charge in [0.1, 0.15) is 6.10 Å². The summed E-state index contributed by atoms with van der Waals surface area (Å²) in [4.78, 5) is 11.5. The molecule has 0 N–H and O–H groups in total. The van der Waals surface area contributed by atoms with Gasteiger partial charge < -0.3 is 4.74 Å². The zero-order chi connectivity index (χ0) is 28.3. The highest BCUT2D eigenvalue weighted by molar-refractivity contribution is 5.66. The number of fused-ring (bicyclic) bond motifs is 5. The molecule has 0 aliphatic heterocycles. The normalized spacial score (nSPS) is 47.0. The van der Waals surface area contributed by atoms with Crippen molar-refractivity contribution >= 4 is 5.97 Å². The van der Waals surface area contributed by atoms with E-state index in [1.807, 2.05) is 6.08 Å². The predicted octanol–water partition coefficient (Wildman–Crippen LogP) is 7.88. The maximum atomic E-state index is 11.5. The molecule has 4 rings (SSSR count). The van der Waals surface area contributed by atoms with Gasteiger partial charge in [-0.15, -0.1) is 0 Å². The van der Waals surface area contributed by atoms with Crippen LogP contribution in [0, 0.1) is 40.4 Å². The summed E-state index contributed by atoms with van der Waals surface area (Å²) in [7, 11) is 0. The third kappa shape index (κ3) is 4.18. The standard InChI is InChI=1S/C29H46O2/c1-19(2)8-7-9-20(3)25-12-13-26-24-11-10-22-18-23(31-21(4)30)14-16-28(22,5)27(24)15-17-29(25,26)6/h9-10,19,23-27H,7-8,11-18H2,1-6H3/b20-9-/t23-,24-,25+,26-,27-,28-,29+/m1/s1/i1D3,2D3,19D. The molecule has 0 amide bonds. The van der Waals surface area contributed by atoms with E-state index in [9.17, 15) is 4.79 Å². The number of esters is 1. The second kappa shape index (κ2) is 8.71. The van der Waals surface area contributed by atoms with Crippen LogP contribution in [0.4, 0.5) is 0 Å². The highest BCUT2D eigenvalue weighted by Crippen LogP contribution is 2.67. The van der Waals surface area contributed by atoms with Gasteiger partial charge in [0.2, 0.25) is 0 Å². The Balaban J connectivity index is 1.48. The van der Waals surface area contributed by atoms with Crippen LogP contribution in [-0.2, 0) is 9.53 Å². The number of carbonyl (C=O) groups excluding carboxylic acids is 1. The number of carbonyl (C=O) groups is 1. The summed E-state index contributed by atoms with van der Waals surface area (Å²) in [5.74, 6) is -0.288. The van der Waals surface area contributed by atoms with Crippen LogP contribution in [-0.4, -0.2) is 12.1 Å². The molecule has 3 saturated carbocycles. The molecule has 4 aliphatic rings. The van der Waals surface area contributed by atoms with E-state index in [4.69, 9.17) is 14.3 Å². The van der Waals surface area contributed by atoms with E-state index in [0.29, 0.717) is 30.1 Å². The summed E-state index contributed by atoms with van der Waals surface area (Å²) in [5, 5.41) is 0. The lowest BCUT2D eigenvalue weighted by atomic mass is 9.47. The average Bonchev–Trinajstić information content (AvgIpc) is 3.14. The summed E-state index contributed by atoms with van der Waals surface area (Å²) in [6.45, 7) is 2.80. The fraction of sp³-hybridized carbons (Fsp3) is 0.828. The number of allylic oxidation sites excluding steroid dienone is 3. The van der Waals surface area contributed by atoms with Gasteiger partial charge >= 0.3 is 5.97 Å². The van der Waals surface area contributed by atoms with Gasteiger partial charge in [0.15, 0.2) is 0 Å². The molecule has 2 heteroatoms. The van der Waals surface area contributed by atoms with Crippen molar-refractivity contribution < 1.29 is 19.1 Å². The van der Waals surface area contributed by atoms with Gasteiger partial charge in [-0.1, -0.05) is 50.8 Å². The maximum Gasteiger partial charge on any atom is 0.302 e. The van der Waals surface area contributed by atoms with Crippen molar-refractivity contribution in [3.63, 3.8) is 0 Å². The molecule has 0 radical (unpaired) electrons. The summed E-state index contributed by atoms with van der Waals surface area (Å²) >= 11 is 0. The van der Waals surface area contributed by atoms with E-state index >= 15 is 0 Å². The van der Waals surface area contributed by atoms with Crippen LogP contribution < -0.4 is 0 Å². The van der Waals surface area contributed by atoms with E-state index in [1.165, 1.54) is 30.9 Å². The van der Waals surface area contributed by atoms with Gasteiger partial charge in [-0.25, -0.2) is 0 Å². The van der Waals surface area contributed by atoms with Gasteiger partial charge in [-0.05, 0) is 105 Å². The zero-order valence-corrected chi connectivity index (χ0v) is 19.9. The first-order valence-electron chi connectivity index (χ1n) is 16.0. The van der Waals surface area contributed by atoms with Crippen LogP contribution in [0.2, 0.25) is 0 Å². The Kier molecular flexibility index (Phi) is 4.42. The fourth-order valence-electron chi connectivity index (χ4n) is 8.30. The van der Waals surface area contributed by atoms with Gasteiger partial charge in [-0.3, -0.25) is 4.79 Å². The third-order valence-corrected chi connectivity index (χ3v) is 9.80.